The van der Waals surface area contributed by atoms with Crippen molar-refractivity contribution in [3.63, 3.8) is 0 Å². The van der Waals surface area contributed by atoms with Gasteiger partial charge in [-0.2, -0.15) is 0 Å². The molecule has 3 rings (SSSR count). The first-order valence-corrected chi connectivity index (χ1v) is 11.0. The highest BCUT2D eigenvalue weighted by Crippen LogP contribution is 2.38. The first-order chi connectivity index (χ1) is 15.4. The van der Waals surface area contributed by atoms with Crippen LogP contribution in [0, 0.1) is 11.3 Å². The SMILES string of the molecule is CC(=O)C(=O)N[C@@H]1C=C(C)C=C[C@@H](O)CC=C(C)C=C[C@@H](O)C[C@H]2OC(=O)[C@]1(C)C(=O)[C@@H]2C. The number of hydrogen-bond donors (Lipinski definition) is 3. The summed E-state index contributed by atoms with van der Waals surface area (Å²) >= 11 is 0. The van der Waals surface area contributed by atoms with Crippen LogP contribution in [0.25, 0.3) is 0 Å². The first-order valence-electron chi connectivity index (χ1n) is 11.0. The minimum atomic E-state index is -1.78. The van der Waals surface area contributed by atoms with E-state index in [1.807, 2.05) is 13.0 Å². The van der Waals surface area contributed by atoms with Gasteiger partial charge in [0, 0.05) is 13.3 Å². The van der Waals surface area contributed by atoms with E-state index in [1.165, 1.54) is 13.0 Å². The lowest BCUT2D eigenvalue weighted by Gasteiger charge is -2.42. The topological polar surface area (TPSA) is 130 Å². The Hall–Kier alpha value is -2.84. The van der Waals surface area contributed by atoms with E-state index in [2.05, 4.69) is 5.32 Å². The minimum absolute atomic E-state index is 0.0298. The Morgan fingerprint density at radius 1 is 1.09 bits per heavy atom. The van der Waals surface area contributed by atoms with Gasteiger partial charge in [-0.1, -0.05) is 54.5 Å². The fraction of sp³-hybridized carbons (Fsp3) is 0.520. The maximum Gasteiger partial charge on any atom is 0.322 e. The van der Waals surface area contributed by atoms with Gasteiger partial charge in [0.2, 0.25) is 5.78 Å². The largest absolute Gasteiger partial charge is 0.461 e. The Morgan fingerprint density at radius 3 is 2.33 bits per heavy atom. The van der Waals surface area contributed by atoms with E-state index in [1.54, 1.807) is 38.2 Å². The molecule has 1 aliphatic carbocycles. The van der Waals surface area contributed by atoms with Gasteiger partial charge in [0.05, 0.1) is 24.2 Å². The van der Waals surface area contributed by atoms with E-state index < -0.39 is 59.1 Å². The average Bonchev–Trinajstić information content (AvgIpc) is 2.75. The van der Waals surface area contributed by atoms with Crippen LogP contribution in [0.1, 0.15) is 47.5 Å². The fourth-order valence-corrected chi connectivity index (χ4v) is 3.85. The predicted octanol–water partition coefficient (Wildman–Crippen LogP) is 1.72. The van der Waals surface area contributed by atoms with E-state index in [9.17, 15) is 29.4 Å². The summed E-state index contributed by atoms with van der Waals surface area (Å²) in [5.41, 5.74) is -0.371. The molecule has 1 amide bonds. The van der Waals surface area contributed by atoms with Crippen LogP contribution >= 0.6 is 0 Å². The molecule has 0 aromatic carbocycles. The van der Waals surface area contributed by atoms with Gasteiger partial charge < -0.3 is 20.3 Å². The molecule has 3 aliphatic rings. The Labute approximate surface area is 194 Å². The lowest BCUT2D eigenvalue weighted by Crippen LogP contribution is -2.61. The van der Waals surface area contributed by atoms with Gasteiger partial charge in [0.25, 0.3) is 5.91 Å². The van der Waals surface area contributed by atoms with E-state index >= 15 is 0 Å². The number of nitrogens with one attached hydrogen (secondary N) is 1. The van der Waals surface area contributed by atoms with Crippen molar-refractivity contribution in [1.29, 1.82) is 0 Å². The summed E-state index contributed by atoms with van der Waals surface area (Å²) < 4.78 is 5.59. The highest BCUT2D eigenvalue weighted by molar-refractivity contribution is 6.35. The number of Topliss-reactive ketones (excluding diaryl/α,β-unsaturated/α-hetero) is 2. The average molecular weight is 460 g/mol. The number of rotatable bonds is 2. The zero-order chi connectivity index (χ0) is 24.9. The molecule has 2 aliphatic heterocycles. The number of aliphatic hydroxyl groups is 2. The summed E-state index contributed by atoms with van der Waals surface area (Å²) in [6.07, 6.45) is 7.54. The van der Waals surface area contributed by atoms with Crippen molar-refractivity contribution in [2.75, 3.05) is 0 Å². The molecule has 0 aromatic heterocycles. The highest BCUT2D eigenvalue weighted by Gasteiger charge is 2.56. The fourth-order valence-electron chi connectivity index (χ4n) is 3.85. The van der Waals surface area contributed by atoms with Crippen molar-refractivity contribution in [2.45, 2.75) is 71.8 Å². The number of carbonyl (C=O) groups is 4. The second-order valence-electron chi connectivity index (χ2n) is 8.99. The molecular weight excluding hydrogens is 426 g/mol. The second-order valence-corrected chi connectivity index (χ2v) is 8.99. The van der Waals surface area contributed by atoms with Crippen molar-refractivity contribution in [2.24, 2.45) is 11.3 Å². The smallest absolute Gasteiger partial charge is 0.322 e. The van der Waals surface area contributed by atoms with Crippen LogP contribution in [0.2, 0.25) is 0 Å². The molecule has 2 bridgehead atoms. The molecule has 0 unspecified atom stereocenters. The Kier molecular flexibility index (Phi) is 8.69. The Morgan fingerprint density at radius 2 is 1.70 bits per heavy atom. The number of aliphatic hydroxyl groups excluding tert-OH is 2. The normalized spacial score (nSPS) is 33.6. The second kappa shape index (κ2) is 10.9. The molecule has 8 heteroatoms. The van der Waals surface area contributed by atoms with Gasteiger partial charge in [-0.25, -0.2) is 0 Å². The molecule has 3 N–H and O–H groups in total. The molecule has 2 heterocycles. The van der Waals surface area contributed by atoms with Crippen molar-refractivity contribution in [3.05, 3.63) is 47.6 Å². The van der Waals surface area contributed by atoms with Gasteiger partial charge in [-0.3, -0.25) is 19.2 Å². The molecule has 180 valence electrons. The van der Waals surface area contributed by atoms with E-state index in [0.29, 0.717) is 12.0 Å². The molecule has 33 heavy (non-hydrogen) atoms. The molecule has 6 atom stereocenters. The number of hydrogen-bond acceptors (Lipinski definition) is 7. The van der Waals surface area contributed by atoms with Gasteiger partial charge in [-0.15, -0.1) is 0 Å². The Bertz CT molecular complexity index is 929. The van der Waals surface area contributed by atoms with Crippen molar-refractivity contribution < 1.29 is 34.1 Å². The van der Waals surface area contributed by atoms with Crippen LogP contribution < -0.4 is 5.32 Å². The molecule has 0 saturated carbocycles. The van der Waals surface area contributed by atoms with Crippen molar-refractivity contribution >= 4 is 23.4 Å². The van der Waals surface area contributed by atoms with Crippen LogP contribution in [0.3, 0.4) is 0 Å². The van der Waals surface area contributed by atoms with Crippen molar-refractivity contribution in [1.82, 2.24) is 5.32 Å². The summed E-state index contributed by atoms with van der Waals surface area (Å²) in [7, 11) is 0. The summed E-state index contributed by atoms with van der Waals surface area (Å²) in [6.45, 7) is 7.62. The third-order valence-corrected chi connectivity index (χ3v) is 6.14. The third-order valence-electron chi connectivity index (χ3n) is 6.14. The molecular formula is C25H33NO7. The molecule has 0 aromatic rings. The molecule has 0 spiro atoms. The van der Waals surface area contributed by atoms with Crippen LogP contribution in [0.15, 0.2) is 47.6 Å². The van der Waals surface area contributed by atoms with Gasteiger partial charge in [0.1, 0.15) is 11.5 Å². The van der Waals surface area contributed by atoms with Gasteiger partial charge in [0.15, 0.2) is 5.78 Å². The highest BCUT2D eigenvalue weighted by atomic mass is 16.5. The van der Waals surface area contributed by atoms with E-state index in [-0.39, 0.29) is 6.42 Å². The monoisotopic (exact) mass is 459 g/mol. The maximum atomic E-state index is 13.4. The van der Waals surface area contributed by atoms with Gasteiger partial charge >= 0.3 is 5.97 Å². The van der Waals surface area contributed by atoms with Crippen LogP contribution in [-0.4, -0.2) is 58.0 Å². The molecule has 1 fully saturated rings. The summed E-state index contributed by atoms with van der Waals surface area (Å²) in [4.78, 5) is 50.3. The lowest BCUT2D eigenvalue weighted by atomic mass is 9.69. The summed E-state index contributed by atoms with van der Waals surface area (Å²) in [5.74, 6) is -3.74. The minimum Gasteiger partial charge on any atom is -0.461 e. The number of amides is 1. The number of carbonyl (C=O) groups excluding carboxylic acids is 4. The number of ketones is 2. The first kappa shape index (κ1) is 26.4. The summed E-state index contributed by atoms with van der Waals surface area (Å²) in [6, 6.07) is -1.15. The number of fused-ring (bicyclic) bond motifs is 10. The number of esters is 1. The van der Waals surface area contributed by atoms with Gasteiger partial charge in [-0.05, 0) is 27.2 Å². The number of allylic oxidation sites excluding steroid dienone is 4. The molecule has 1 saturated heterocycles. The van der Waals surface area contributed by atoms with Crippen LogP contribution in [0.4, 0.5) is 0 Å². The van der Waals surface area contributed by atoms with E-state index in [0.717, 1.165) is 12.5 Å². The lowest BCUT2D eigenvalue weighted by molar-refractivity contribution is -0.181. The number of ether oxygens (including phenoxy) is 1. The quantitative estimate of drug-likeness (QED) is 0.326. The molecule has 0 radical (unpaired) electrons. The standard InChI is InChI=1S/C25H33NO7/c1-14-6-9-18(28)10-8-15(2)12-21(26-23(31)17(4)27)25(5)22(30)16(3)20(33-24(25)32)13-19(29)11-7-14/h6-8,10-12,16,18-21,28-29H,9,13H2,1-5H3,(H,26,31)/t16-,18+,19-,20-,21-,25+/m1/s1. The maximum absolute atomic E-state index is 13.4. The Balaban J connectivity index is 2.57. The third kappa shape index (κ3) is 6.36. The van der Waals surface area contributed by atoms with Crippen LogP contribution in [0.5, 0.6) is 0 Å². The zero-order valence-corrected chi connectivity index (χ0v) is 19.7. The van der Waals surface area contributed by atoms with E-state index in [4.69, 9.17) is 4.74 Å². The molecule has 8 nitrogen and oxygen atoms in total. The zero-order valence-electron chi connectivity index (χ0n) is 19.7. The van der Waals surface area contributed by atoms with Crippen LogP contribution in [-0.2, 0) is 23.9 Å². The van der Waals surface area contributed by atoms with Crippen molar-refractivity contribution in [3.8, 4) is 0 Å². The predicted molar refractivity (Wildman–Crippen MR) is 122 cm³/mol. The summed E-state index contributed by atoms with van der Waals surface area (Å²) in [5, 5.41) is 23.1.